The summed E-state index contributed by atoms with van der Waals surface area (Å²) in [4.78, 5) is 12.2. The number of hydrogen-bond acceptors (Lipinski definition) is 6. The number of halogens is 1. The van der Waals surface area contributed by atoms with E-state index in [1.54, 1.807) is 0 Å². The minimum atomic E-state index is 0.00286. The highest BCUT2D eigenvalue weighted by Crippen LogP contribution is 2.20. The van der Waals surface area contributed by atoms with E-state index in [0.29, 0.717) is 17.6 Å². The minimum Gasteiger partial charge on any atom is -0.463 e. The first-order valence-electron chi connectivity index (χ1n) is 6.75. The van der Waals surface area contributed by atoms with Crippen molar-refractivity contribution < 1.29 is 4.74 Å². The van der Waals surface area contributed by atoms with E-state index in [1.165, 1.54) is 0 Å². The highest BCUT2D eigenvalue weighted by atomic mass is 35.5. The van der Waals surface area contributed by atoms with Gasteiger partial charge < -0.3 is 15.8 Å². The van der Waals surface area contributed by atoms with E-state index in [0.717, 1.165) is 12.0 Å². The zero-order chi connectivity index (χ0) is 15.2. The van der Waals surface area contributed by atoms with Gasteiger partial charge >= 0.3 is 6.01 Å². The molecule has 3 N–H and O–H groups in total. The van der Waals surface area contributed by atoms with Crippen molar-refractivity contribution in [1.29, 1.82) is 0 Å². The van der Waals surface area contributed by atoms with Crippen LogP contribution < -0.4 is 15.8 Å². The number of nitrogens with one attached hydrogen (secondary N) is 1. The van der Waals surface area contributed by atoms with E-state index >= 15 is 0 Å². The van der Waals surface area contributed by atoms with E-state index < -0.39 is 0 Å². The van der Waals surface area contributed by atoms with E-state index in [-0.39, 0.29) is 18.0 Å². The van der Waals surface area contributed by atoms with Gasteiger partial charge in [0.25, 0.3) is 0 Å². The van der Waals surface area contributed by atoms with Crippen LogP contribution in [0.3, 0.4) is 0 Å². The summed E-state index contributed by atoms with van der Waals surface area (Å²) in [5.41, 5.74) is 6.73. The number of ether oxygens (including phenoxy) is 1. The fraction of sp³-hybridized carbons (Fsp3) is 0.357. The molecular formula is C14H18ClN5O. The second-order valence-electron chi connectivity index (χ2n) is 4.57. The van der Waals surface area contributed by atoms with Crippen LogP contribution in [0.5, 0.6) is 6.01 Å². The van der Waals surface area contributed by atoms with Crippen molar-refractivity contribution >= 4 is 23.5 Å². The molecule has 0 bridgehead atoms. The molecule has 2 rings (SSSR count). The maximum Gasteiger partial charge on any atom is 0.323 e. The van der Waals surface area contributed by atoms with E-state index in [2.05, 4.69) is 20.3 Å². The third-order valence-corrected chi connectivity index (χ3v) is 3.04. The summed E-state index contributed by atoms with van der Waals surface area (Å²) in [6.45, 7) is 4.54. The van der Waals surface area contributed by atoms with Gasteiger partial charge in [-0.05, 0) is 31.0 Å². The number of benzene rings is 1. The van der Waals surface area contributed by atoms with Crippen LogP contribution in [0.2, 0.25) is 5.02 Å². The molecule has 0 aliphatic carbocycles. The first-order valence-corrected chi connectivity index (χ1v) is 7.12. The molecule has 1 heterocycles. The van der Waals surface area contributed by atoms with E-state index in [1.807, 2.05) is 38.1 Å². The van der Waals surface area contributed by atoms with Crippen molar-refractivity contribution in [2.45, 2.75) is 26.3 Å². The van der Waals surface area contributed by atoms with Crippen LogP contribution >= 0.6 is 11.6 Å². The Morgan fingerprint density at radius 3 is 2.62 bits per heavy atom. The molecule has 2 aromatic rings. The third kappa shape index (κ3) is 4.46. The van der Waals surface area contributed by atoms with Crippen molar-refractivity contribution in [3.63, 3.8) is 0 Å². The van der Waals surface area contributed by atoms with Crippen LogP contribution in [0.25, 0.3) is 0 Å². The second-order valence-corrected chi connectivity index (χ2v) is 5.00. The molecule has 7 heteroatoms. The minimum absolute atomic E-state index is 0.00286. The van der Waals surface area contributed by atoms with Crippen LogP contribution in [0.4, 0.5) is 11.9 Å². The average molecular weight is 308 g/mol. The molecule has 0 saturated heterocycles. The summed E-state index contributed by atoms with van der Waals surface area (Å²) in [6, 6.07) is 7.80. The molecule has 0 spiro atoms. The SMILES string of the molecule is CCCOc1nc(N)nc(NC(C)c2ccc(Cl)cc2)n1. The summed E-state index contributed by atoms with van der Waals surface area (Å²) in [7, 11) is 0. The van der Waals surface area contributed by atoms with Crippen molar-refractivity contribution in [2.24, 2.45) is 0 Å². The normalized spacial score (nSPS) is 12.0. The third-order valence-electron chi connectivity index (χ3n) is 2.78. The van der Waals surface area contributed by atoms with Crippen LogP contribution in [-0.4, -0.2) is 21.6 Å². The van der Waals surface area contributed by atoms with E-state index in [4.69, 9.17) is 22.1 Å². The lowest BCUT2D eigenvalue weighted by atomic mass is 10.1. The Balaban J connectivity index is 2.10. The Morgan fingerprint density at radius 2 is 1.95 bits per heavy atom. The van der Waals surface area contributed by atoms with Crippen LogP contribution in [-0.2, 0) is 0 Å². The zero-order valence-corrected chi connectivity index (χ0v) is 12.8. The number of nitrogens with two attached hydrogens (primary N) is 1. The Hall–Kier alpha value is -2.08. The van der Waals surface area contributed by atoms with Gasteiger partial charge in [-0.2, -0.15) is 15.0 Å². The van der Waals surface area contributed by atoms with Crippen LogP contribution in [0, 0.1) is 0 Å². The Morgan fingerprint density at radius 1 is 1.24 bits per heavy atom. The molecule has 0 aliphatic rings. The van der Waals surface area contributed by atoms with Gasteiger partial charge in [-0.3, -0.25) is 0 Å². The summed E-state index contributed by atoms with van der Waals surface area (Å²) in [5, 5.41) is 3.87. The van der Waals surface area contributed by atoms with E-state index in [9.17, 15) is 0 Å². The molecule has 21 heavy (non-hydrogen) atoms. The van der Waals surface area contributed by atoms with Crippen LogP contribution in [0.15, 0.2) is 24.3 Å². The summed E-state index contributed by atoms with van der Waals surface area (Å²) >= 11 is 5.88. The molecular weight excluding hydrogens is 290 g/mol. The van der Waals surface area contributed by atoms with Crippen molar-refractivity contribution in [1.82, 2.24) is 15.0 Å². The molecule has 1 unspecified atom stereocenters. The number of aromatic nitrogens is 3. The van der Waals surface area contributed by atoms with Gasteiger partial charge in [0.05, 0.1) is 12.6 Å². The van der Waals surface area contributed by atoms with Gasteiger partial charge in [0.1, 0.15) is 0 Å². The lowest BCUT2D eigenvalue weighted by Crippen LogP contribution is -2.12. The first kappa shape index (κ1) is 15.3. The largest absolute Gasteiger partial charge is 0.463 e. The van der Waals surface area contributed by atoms with Gasteiger partial charge in [-0.15, -0.1) is 0 Å². The molecule has 112 valence electrons. The lowest BCUT2D eigenvalue weighted by molar-refractivity contribution is 0.292. The molecule has 6 nitrogen and oxygen atoms in total. The molecule has 0 radical (unpaired) electrons. The topological polar surface area (TPSA) is 86.0 Å². The molecule has 1 aromatic carbocycles. The Bertz CT molecular complexity index is 590. The summed E-state index contributed by atoms with van der Waals surface area (Å²) < 4.78 is 5.38. The quantitative estimate of drug-likeness (QED) is 0.853. The fourth-order valence-electron chi connectivity index (χ4n) is 1.72. The summed E-state index contributed by atoms with van der Waals surface area (Å²) in [5.74, 6) is 0.512. The standard InChI is InChI=1S/C14H18ClN5O/c1-3-8-21-14-19-12(16)18-13(20-14)17-9(2)10-4-6-11(15)7-5-10/h4-7,9H,3,8H2,1-2H3,(H3,16,17,18,19,20). The zero-order valence-electron chi connectivity index (χ0n) is 12.0. The highest BCUT2D eigenvalue weighted by Gasteiger charge is 2.10. The smallest absolute Gasteiger partial charge is 0.323 e. The predicted octanol–water partition coefficient (Wildman–Crippen LogP) is 3.07. The van der Waals surface area contributed by atoms with Crippen molar-refractivity contribution in [2.75, 3.05) is 17.7 Å². The Kier molecular flexibility index (Phi) is 5.16. The molecule has 0 aliphatic heterocycles. The number of anilines is 2. The number of nitrogens with zero attached hydrogens (tertiary/aromatic N) is 3. The molecule has 0 saturated carbocycles. The van der Waals surface area contributed by atoms with Gasteiger partial charge in [-0.25, -0.2) is 0 Å². The second kappa shape index (κ2) is 7.08. The highest BCUT2D eigenvalue weighted by molar-refractivity contribution is 6.30. The monoisotopic (exact) mass is 307 g/mol. The number of hydrogen-bond donors (Lipinski definition) is 2. The van der Waals surface area contributed by atoms with Crippen molar-refractivity contribution in [3.8, 4) is 6.01 Å². The number of rotatable bonds is 6. The summed E-state index contributed by atoms with van der Waals surface area (Å²) in [6.07, 6.45) is 0.871. The van der Waals surface area contributed by atoms with Gasteiger partial charge in [0.15, 0.2) is 0 Å². The van der Waals surface area contributed by atoms with Gasteiger partial charge in [-0.1, -0.05) is 30.7 Å². The molecule has 1 atom stereocenters. The van der Waals surface area contributed by atoms with Gasteiger partial charge in [0, 0.05) is 5.02 Å². The van der Waals surface area contributed by atoms with Crippen molar-refractivity contribution in [3.05, 3.63) is 34.9 Å². The first-order chi connectivity index (χ1) is 10.1. The molecule has 0 amide bonds. The molecule has 1 aromatic heterocycles. The Labute approximate surface area is 128 Å². The lowest BCUT2D eigenvalue weighted by Gasteiger charge is -2.15. The number of nitrogen functional groups attached to an aromatic ring is 1. The van der Waals surface area contributed by atoms with Crippen LogP contribution in [0.1, 0.15) is 31.9 Å². The fourth-order valence-corrected chi connectivity index (χ4v) is 1.85. The average Bonchev–Trinajstić information content (AvgIpc) is 2.45. The predicted molar refractivity (Wildman–Crippen MR) is 83.5 cm³/mol. The maximum absolute atomic E-state index is 5.88. The molecule has 0 fully saturated rings. The maximum atomic E-state index is 5.88. The van der Waals surface area contributed by atoms with Gasteiger partial charge in [0.2, 0.25) is 11.9 Å².